The topological polar surface area (TPSA) is 55.1 Å². The van der Waals surface area contributed by atoms with E-state index in [1.54, 1.807) is 11.3 Å². The van der Waals surface area contributed by atoms with Crippen molar-refractivity contribution < 1.29 is 9.32 Å². The Balaban J connectivity index is 1.82. The highest BCUT2D eigenvalue weighted by atomic mass is 32.1. The Kier molecular flexibility index (Phi) is 5.57. The molecule has 2 aromatic heterocycles. The van der Waals surface area contributed by atoms with E-state index in [2.05, 4.69) is 54.7 Å². The van der Waals surface area contributed by atoms with Gasteiger partial charge in [0.05, 0.1) is 18.2 Å². The summed E-state index contributed by atoms with van der Waals surface area (Å²) in [6, 6.07) is 12.4. The van der Waals surface area contributed by atoms with Crippen LogP contribution in [-0.2, 0) is 11.2 Å². The van der Waals surface area contributed by atoms with Crippen molar-refractivity contribution in [3.05, 3.63) is 74.8 Å². The van der Waals surface area contributed by atoms with Crippen LogP contribution in [0.3, 0.4) is 0 Å². The minimum atomic E-state index is -0.149. The Hall–Kier alpha value is -2.40. The van der Waals surface area contributed by atoms with Crippen LogP contribution < -0.4 is 5.32 Å². The summed E-state index contributed by atoms with van der Waals surface area (Å²) in [6.07, 6.45) is 0.271. The number of carbonyl (C=O) groups is 1. The standard InChI is InChI=1S/C21H24N2O2S/c1-13(2)16-7-9-17(10-8-16)21(19-6-5-11-26-19)22-20(24)12-18-14(3)23-25-15(18)4/h5-11,13,21H,12H2,1-4H3,(H,22,24). The summed E-state index contributed by atoms with van der Waals surface area (Å²) >= 11 is 1.65. The van der Waals surface area contributed by atoms with Gasteiger partial charge in [-0.1, -0.05) is 49.3 Å². The van der Waals surface area contributed by atoms with Gasteiger partial charge in [0.25, 0.3) is 0 Å². The molecule has 0 aliphatic rings. The van der Waals surface area contributed by atoms with E-state index < -0.39 is 0 Å². The van der Waals surface area contributed by atoms with E-state index >= 15 is 0 Å². The van der Waals surface area contributed by atoms with Crippen LogP contribution in [0.1, 0.15) is 58.8 Å². The molecule has 26 heavy (non-hydrogen) atoms. The average molecular weight is 369 g/mol. The second-order valence-electron chi connectivity index (χ2n) is 6.82. The molecule has 0 saturated heterocycles. The molecular weight excluding hydrogens is 344 g/mol. The fraction of sp³-hybridized carbons (Fsp3) is 0.333. The summed E-state index contributed by atoms with van der Waals surface area (Å²) in [5, 5.41) is 9.14. The van der Waals surface area contributed by atoms with Gasteiger partial charge in [-0.15, -0.1) is 11.3 Å². The maximum Gasteiger partial charge on any atom is 0.225 e. The molecule has 0 spiro atoms. The number of hydrogen-bond donors (Lipinski definition) is 1. The molecule has 1 atom stereocenters. The zero-order valence-electron chi connectivity index (χ0n) is 15.6. The molecule has 1 unspecified atom stereocenters. The summed E-state index contributed by atoms with van der Waals surface area (Å²) in [5.74, 6) is 1.15. The molecule has 5 heteroatoms. The highest BCUT2D eigenvalue weighted by molar-refractivity contribution is 7.10. The van der Waals surface area contributed by atoms with Gasteiger partial charge >= 0.3 is 0 Å². The van der Waals surface area contributed by atoms with Crippen molar-refractivity contribution in [2.45, 2.75) is 46.1 Å². The Labute approximate surface area is 158 Å². The molecule has 3 rings (SSSR count). The monoisotopic (exact) mass is 368 g/mol. The first kappa shape index (κ1) is 18.4. The number of nitrogens with zero attached hydrogens (tertiary/aromatic N) is 1. The van der Waals surface area contributed by atoms with Gasteiger partial charge in [-0.3, -0.25) is 4.79 Å². The SMILES string of the molecule is Cc1noc(C)c1CC(=O)NC(c1ccc(C(C)C)cc1)c1cccs1. The summed E-state index contributed by atoms with van der Waals surface area (Å²) in [5.41, 5.74) is 4.01. The third kappa shape index (κ3) is 4.05. The highest BCUT2D eigenvalue weighted by Gasteiger charge is 2.20. The second-order valence-corrected chi connectivity index (χ2v) is 7.80. The third-order valence-electron chi connectivity index (χ3n) is 4.59. The van der Waals surface area contributed by atoms with Crippen molar-refractivity contribution in [2.75, 3.05) is 0 Å². The maximum atomic E-state index is 12.7. The van der Waals surface area contributed by atoms with Crippen molar-refractivity contribution in [3.8, 4) is 0 Å². The number of aryl methyl sites for hydroxylation is 2. The first-order valence-electron chi connectivity index (χ1n) is 8.80. The molecule has 0 saturated carbocycles. The molecule has 1 amide bonds. The number of rotatable bonds is 6. The summed E-state index contributed by atoms with van der Waals surface area (Å²) < 4.78 is 5.17. The Morgan fingerprint density at radius 1 is 1.15 bits per heavy atom. The van der Waals surface area contributed by atoms with Crippen LogP contribution in [0.4, 0.5) is 0 Å². The molecule has 0 fully saturated rings. The van der Waals surface area contributed by atoms with Crippen molar-refractivity contribution >= 4 is 17.2 Å². The summed E-state index contributed by atoms with van der Waals surface area (Å²) in [6.45, 7) is 8.05. The van der Waals surface area contributed by atoms with Crippen LogP contribution >= 0.6 is 11.3 Å². The van der Waals surface area contributed by atoms with Gasteiger partial charge in [0.15, 0.2) is 0 Å². The van der Waals surface area contributed by atoms with E-state index in [1.165, 1.54) is 5.56 Å². The second kappa shape index (κ2) is 7.87. The molecule has 0 aliphatic heterocycles. The third-order valence-corrected chi connectivity index (χ3v) is 5.53. The van der Waals surface area contributed by atoms with E-state index in [1.807, 2.05) is 25.3 Å². The van der Waals surface area contributed by atoms with Gasteiger partial charge in [-0.25, -0.2) is 0 Å². The maximum absolute atomic E-state index is 12.7. The number of nitrogens with one attached hydrogen (secondary N) is 1. The number of aromatic nitrogens is 1. The van der Waals surface area contributed by atoms with Crippen LogP contribution in [-0.4, -0.2) is 11.1 Å². The van der Waals surface area contributed by atoms with E-state index in [4.69, 9.17) is 4.52 Å². The van der Waals surface area contributed by atoms with E-state index in [9.17, 15) is 4.79 Å². The zero-order valence-corrected chi connectivity index (χ0v) is 16.4. The smallest absolute Gasteiger partial charge is 0.225 e. The predicted octanol–water partition coefficient (Wildman–Crippen LogP) is 4.92. The summed E-state index contributed by atoms with van der Waals surface area (Å²) in [7, 11) is 0. The van der Waals surface area contributed by atoms with E-state index in [-0.39, 0.29) is 18.4 Å². The molecule has 0 aliphatic carbocycles. The Morgan fingerprint density at radius 3 is 2.38 bits per heavy atom. The number of carbonyl (C=O) groups excluding carboxylic acids is 1. The van der Waals surface area contributed by atoms with E-state index in [0.29, 0.717) is 11.7 Å². The average Bonchev–Trinajstić information content (AvgIpc) is 3.25. The Bertz CT molecular complexity index is 845. The van der Waals surface area contributed by atoms with Gasteiger partial charge in [-0.05, 0) is 42.3 Å². The number of amides is 1. The Morgan fingerprint density at radius 2 is 1.85 bits per heavy atom. The first-order chi connectivity index (χ1) is 12.5. The number of hydrogen-bond acceptors (Lipinski definition) is 4. The molecule has 1 N–H and O–H groups in total. The van der Waals surface area contributed by atoms with Crippen molar-refractivity contribution in [1.29, 1.82) is 0 Å². The summed E-state index contributed by atoms with van der Waals surface area (Å²) in [4.78, 5) is 13.8. The molecule has 0 bridgehead atoms. The van der Waals surface area contributed by atoms with Crippen molar-refractivity contribution in [2.24, 2.45) is 0 Å². The molecule has 4 nitrogen and oxygen atoms in total. The lowest BCUT2D eigenvalue weighted by atomic mass is 9.98. The van der Waals surface area contributed by atoms with Gasteiger partial charge in [0.1, 0.15) is 5.76 Å². The van der Waals surface area contributed by atoms with Gasteiger partial charge in [0, 0.05) is 10.4 Å². The number of thiophene rings is 1. The van der Waals surface area contributed by atoms with E-state index in [0.717, 1.165) is 21.7 Å². The minimum absolute atomic E-state index is 0.0364. The van der Waals surface area contributed by atoms with Crippen LogP contribution in [0.5, 0.6) is 0 Å². The lowest BCUT2D eigenvalue weighted by Crippen LogP contribution is -2.30. The molecular formula is C21H24N2O2S. The van der Waals surface area contributed by atoms with Gasteiger partial charge in [0.2, 0.25) is 5.91 Å². The predicted molar refractivity (Wildman–Crippen MR) is 105 cm³/mol. The molecule has 2 heterocycles. The molecule has 1 aromatic carbocycles. The fourth-order valence-corrected chi connectivity index (χ4v) is 3.78. The number of benzene rings is 1. The van der Waals surface area contributed by atoms with Crippen molar-refractivity contribution in [3.63, 3.8) is 0 Å². The largest absolute Gasteiger partial charge is 0.361 e. The van der Waals surface area contributed by atoms with Crippen LogP contribution in [0.25, 0.3) is 0 Å². The van der Waals surface area contributed by atoms with Gasteiger partial charge in [-0.2, -0.15) is 0 Å². The van der Waals surface area contributed by atoms with Crippen LogP contribution in [0.15, 0.2) is 46.3 Å². The molecule has 0 radical (unpaired) electrons. The first-order valence-corrected chi connectivity index (χ1v) is 9.68. The fourth-order valence-electron chi connectivity index (χ4n) is 2.97. The highest BCUT2D eigenvalue weighted by Crippen LogP contribution is 2.28. The zero-order chi connectivity index (χ0) is 18.7. The lowest BCUT2D eigenvalue weighted by Gasteiger charge is -2.19. The van der Waals surface area contributed by atoms with Crippen LogP contribution in [0, 0.1) is 13.8 Å². The quantitative estimate of drug-likeness (QED) is 0.671. The van der Waals surface area contributed by atoms with Crippen LogP contribution in [0.2, 0.25) is 0 Å². The minimum Gasteiger partial charge on any atom is -0.361 e. The normalized spacial score (nSPS) is 12.3. The lowest BCUT2D eigenvalue weighted by molar-refractivity contribution is -0.120. The van der Waals surface area contributed by atoms with Gasteiger partial charge < -0.3 is 9.84 Å². The molecule has 136 valence electrons. The van der Waals surface area contributed by atoms with Crippen molar-refractivity contribution in [1.82, 2.24) is 10.5 Å². The molecule has 3 aromatic rings.